The Hall–Kier alpha value is -0.540. The molecular weight excluding hydrogens is 345 g/mol. The normalized spacial score (nSPS) is 24.8. The van der Waals surface area contributed by atoms with Crippen LogP contribution in [0.15, 0.2) is 29.6 Å². The predicted molar refractivity (Wildman–Crippen MR) is 100.0 cm³/mol. The molecule has 1 saturated carbocycles. The molecule has 0 spiro atoms. The lowest BCUT2D eigenvalue weighted by Crippen LogP contribution is -2.33. The fraction of sp³-hybridized carbons (Fsp3) is 0.474. The Morgan fingerprint density at radius 3 is 2.57 bits per heavy atom. The highest BCUT2D eigenvalue weighted by Crippen LogP contribution is 2.45. The van der Waals surface area contributed by atoms with Crippen LogP contribution in [0.3, 0.4) is 0 Å². The molecule has 0 radical (unpaired) electrons. The zero-order valence-electron chi connectivity index (χ0n) is 13.0. The van der Waals surface area contributed by atoms with Gasteiger partial charge in [0.2, 0.25) is 0 Å². The summed E-state index contributed by atoms with van der Waals surface area (Å²) in [7, 11) is 0. The van der Waals surface area contributed by atoms with E-state index in [1.165, 1.54) is 54.5 Å². The molecule has 23 heavy (non-hydrogen) atoms. The van der Waals surface area contributed by atoms with Gasteiger partial charge < -0.3 is 5.32 Å². The van der Waals surface area contributed by atoms with E-state index in [1.807, 2.05) is 23.5 Å². The average Bonchev–Trinajstić information content (AvgIpc) is 3.22. The van der Waals surface area contributed by atoms with Crippen LogP contribution in [0.1, 0.15) is 66.5 Å². The number of nitrogens with one attached hydrogen (secondary N) is 1. The molecular formula is C19H21Cl2NS. The third-order valence-corrected chi connectivity index (χ3v) is 7.09. The maximum Gasteiger partial charge on any atom is 0.0595 e. The zero-order valence-corrected chi connectivity index (χ0v) is 15.4. The number of benzene rings is 1. The summed E-state index contributed by atoms with van der Waals surface area (Å²) in [4.78, 5) is 1.50. The van der Waals surface area contributed by atoms with Crippen molar-refractivity contribution in [3.63, 3.8) is 0 Å². The highest BCUT2D eigenvalue weighted by Gasteiger charge is 2.31. The van der Waals surface area contributed by atoms with Gasteiger partial charge in [0.1, 0.15) is 0 Å². The number of thiophene rings is 1. The fourth-order valence-electron chi connectivity index (χ4n) is 4.12. The Morgan fingerprint density at radius 2 is 1.78 bits per heavy atom. The molecule has 2 aliphatic rings. The van der Waals surface area contributed by atoms with Crippen LogP contribution in [0.4, 0.5) is 0 Å². The van der Waals surface area contributed by atoms with Gasteiger partial charge in [-0.1, -0.05) is 42.1 Å². The number of halogens is 2. The maximum atomic E-state index is 6.24. The lowest BCUT2D eigenvalue weighted by atomic mass is 9.82. The van der Waals surface area contributed by atoms with E-state index in [-0.39, 0.29) is 0 Å². The number of rotatable bonds is 3. The van der Waals surface area contributed by atoms with Crippen molar-refractivity contribution in [3.05, 3.63) is 55.7 Å². The molecule has 1 nitrogen and oxygen atoms in total. The third kappa shape index (κ3) is 3.19. The summed E-state index contributed by atoms with van der Waals surface area (Å²) in [6.45, 7) is 0. The average molecular weight is 366 g/mol. The van der Waals surface area contributed by atoms with Gasteiger partial charge in [0.25, 0.3) is 0 Å². The van der Waals surface area contributed by atoms with E-state index in [0.29, 0.717) is 28.0 Å². The predicted octanol–water partition coefficient (Wildman–Crippen LogP) is 6.55. The van der Waals surface area contributed by atoms with Gasteiger partial charge in [-0.15, -0.1) is 11.3 Å². The highest BCUT2D eigenvalue weighted by atomic mass is 35.5. The first-order valence-corrected chi connectivity index (χ1v) is 10.1. The molecule has 2 aliphatic carbocycles. The summed E-state index contributed by atoms with van der Waals surface area (Å²) in [5.74, 6) is 0.460. The molecule has 0 aliphatic heterocycles. The van der Waals surface area contributed by atoms with E-state index in [1.54, 1.807) is 0 Å². The van der Waals surface area contributed by atoms with Crippen LogP contribution in [0.5, 0.6) is 0 Å². The minimum Gasteiger partial charge on any atom is -0.307 e. The Kier molecular flexibility index (Phi) is 4.69. The van der Waals surface area contributed by atoms with E-state index in [0.717, 1.165) is 0 Å². The Morgan fingerprint density at radius 1 is 0.957 bits per heavy atom. The van der Waals surface area contributed by atoms with E-state index in [9.17, 15) is 0 Å². The maximum absolute atomic E-state index is 6.24. The zero-order chi connectivity index (χ0) is 15.8. The molecule has 4 rings (SSSR count). The summed E-state index contributed by atoms with van der Waals surface area (Å²) >= 11 is 14.2. The van der Waals surface area contributed by atoms with Crippen LogP contribution in [-0.4, -0.2) is 6.04 Å². The standard InChI is InChI=1S/C19H21Cl2NS/c20-16-7-5-12(11-17(16)21)14-6-8-18(15-9-10-23-19(14)15)22-13-3-1-2-4-13/h5,7,9-11,13-14,18,22H,1-4,6,8H2. The first-order valence-electron chi connectivity index (χ1n) is 8.50. The molecule has 0 bridgehead atoms. The van der Waals surface area contributed by atoms with Gasteiger partial charge in [0.05, 0.1) is 10.0 Å². The molecule has 2 atom stereocenters. The second-order valence-electron chi connectivity index (χ2n) is 6.74. The van der Waals surface area contributed by atoms with Crippen molar-refractivity contribution >= 4 is 34.5 Å². The monoisotopic (exact) mass is 365 g/mol. The van der Waals surface area contributed by atoms with E-state index in [4.69, 9.17) is 23.2 Å². The van der Waals surface area contributed by atoms with Gasteiger partial charge in [0.15, 0.2) is 0 Å². The minimum atomic E-state index is 0.460. The third-order valence-electron chi connectivity index (χ3n) is 5.30. The van der Waals surface area contributed by atoms with Gasteiger partial charge in [-0.2, -0.15) is 0 Å². The molecule has 122 valence electrons. The van der Waals surface area contributed by atoms with Gasteiger partial charge in [-0.25, -0.2) is 0 Å². The highest BCUT2D eigenvalue weighted by molar-refractivity contribution is 7.10. The van der Waals surface area contributed by atoms with E-state index < -0.39 is 0 Å². The molecule has 1 fully saturated rings. The van der Waals surface area contributed by atoms with Crippen LogP contribution in [0.25, 0.3) is 0 Å². The molecule has 1 aromatic carbocycles. The minimum absolute atomic E-state index is 0.460. The number of hydrogen-bond acceptors (Lipinski definition) is 2. The van der Waals surface area contributed by atoms with Crippen molar-refractivity contribution in [3.8, 4) is 0 Å². The molecule has 1 N–H and O–H groups in total. The van der Waals surface area contributed by atoms with Crippen molar-refractivity contribution < 1.29 is 0 Å². The quantitative estimate of drug-likeness (QED) is 0.649. The van der Waals surface area contributed by atoms with Crippen LogP contribution in [0.2, 0.25) is 10.0 Å². The van der Waals surface area contributed by atoms with Crippen molar-refractivity contribution in [2.75, 3.05) is 0 Å². The van der Waals surface area contributed by atoms with E-state index >= 15 is 0 Å². The number of fused-ring (bicyclic) bond motifs is 1. The SMILES string of the molecule is Clc1ccc(C2CCC(NC3CCCC3)c3ccsc32)cc1Cl. The first-order chi connectivity index (χ1) is 11.2. The topological polar surface area (TPSA) is 12.0 Å². The molecule has 4 heteroatoms. The van der Waals surface area contributed by atoms with Gasteiger partial charge in [0, 0.05) is 22.9 Å². The van der Waals surface area contributed by atoms with E-state index in [2.05, 4.69) is 22.8 Å². The van der Waals surface area contributed by atoms with Crippen molar-refractivity contribution in [1.82, 2.24) is 5.32 Å². The van der Waals surface area contributed by atoms with Gasteiger partial charge in [-0.3, -0.25) is 0 Å². The van der Waals surface area contributed by atoms with Crippen molar-refractivity contribution in [2.24, 2.45) is 0 Å². The molecule has 2 aromatic rings. The largest absolute Gasteiger partial charge is 0.307 e. The summed E-state index contributed by atoms with van der Waals surface area (Å²) in [6, 6.07) is 9.66. The first kappa shape index (κ1) is 16.0. The van der Waals surface area contributed by atoms with Crippen LogP contribution >= 0.6 is 34.5 Å². The molecule has 1 heterocycles. The number of hydrogen-bond donors (Lipinski definition) is 1. The summed E-state index contributed by atoms with van der Waals surface area (Å²) in [6.07, 6.45) is 7.82. The lowest BCUT2D eigenvalue weighted by Gasteiger charge is -2.32. The van der Waals surface area contributed by atoms with Crippen LogP contribution in [0, 0.1) is 0 Å². The summed E-state index contributed by atoms with van der Waals surface area (Å²) in [5.41, 5.74) is 2.80. The lowest BCUT2D eigenvalue weighted by molar-refractivity contribution is 0.389. The Bertz CT molecular complexity index is 690. The van der Waals surface area contributed by atoms with Crippen LogP contribution < -0.4 is 5.32 Å². The smallest absolute Gasteiger partial charge is 0.0595 e. The van der Waals surface area contributed by atoms with Crippen LogP contribution in [-0.2, 0) is 0 Å². The fourth-order valence-corrected chi connectivity index (χ4v) is 5.55. The molecule has 1 aromatic heterocycles. The molecule has 0 saturated heterocycles. The Labute approximate surface area is 152 Å². The molecule has 2 unspecified atom stereocenters. The molecule has 0 amide bonds. The van der Waals surface area contributed by atoms with Crippen molar-refractivity contribution in [1.29, 1.82) is 0 Å². The Balaban J connectivity index is 1.60. The summed E-state index contributed by atoms with van der Waals surface area (Å²) < 4.78 is 0. The second-order valence-corrected chi connectivity index (χ2v) is 8.51. The summed E-state index contributed by atoms with van der Waals surface area (Å²) in [5, 5.41) is 7.45. The van der Waals surface area contributed by atoms with Crippen molar-refractivity contribution in [2.45, 2.75) is 56.5 Å². The van der Waals surface area contributed by atoms with Gasteiger partial charge in [-0.05, 0) is 60.4 Å². The van der Waals surface area contributed by atoms with Gasteiger partial charge >= 0.3 is 0 Å². The second kappa shape index (κ2) is 6.76.